The first kappa shape index (κ1) is 27.3. The van der Waals surface area contributed by atoms with E-state index in [9.17, 15) is 31.2 Å². The van der Waals surface area contributed by atoms with Gasteiger partial charge < -0.3 is 11.1 Å². The molecule has 2 atom stereocenters. The molecule has 11 heteroatoms. The zero-order valence-electron chi connectivity index (χ0n) is 19.0. The number of rotatable bonds is 10. The maximum absolute atomic E-state index is 13.9. The summed E-state index contributed by atoms with van der Waals surface area (Å²) in [6.07, 6.45) is -3.50. The highest BCUT2D eigenvalue weighted by Gasteiger charge is 2.42. The molecular weight excluding hydrogens is 471 g/mol. The van der Waals surface area contributed by atoms with Crippen LogP contribution in [0.5, 0.6) is 0 Å². The first-order chi connectivity index (χ1) is 15.7. The lowest BCUT2D eigenvalue weighted by atomic mass is 9.97. The summed E-state index contributed by atoms with van der Waals surface area (Å²) in [6.45, 7) is 3.06. The monoisotopic (exact) mass is 499 g/mol. The van der Waals surface area contributed by atoms with Crippen molar-refractivity contribution in [1.29, 1.82) is 0 Å². The molecule has 2 aromatic carbocycles. The third kappa shape index (κ3) is 7.84. The number of hydrogen-bond donors (Lipinski definition) is 3. The minimum atomic E-state index is -4.70. The van der Waals surface area contributed by atoms with Gasteiger partial charge in [0.2, 0.25) is 11.8 Å². The molecule has 0 aliphatic carbocycles. The van der Waals surface area contributed by atoms with Crippen LogP contribution in [0, 0.1) is 5.92 Å². The Labute approximate surface area is 196 Å². The highest BCUT2D eigenvalue weighted by Crippen LogP contribution is 2.34. The van der Waals surface area contributed by atoms with Gasteiger partial charge in [0, 0.05) is 6.26 Å². The number of carbonyl (C=O) groups excluding carboxylic acids is 2. The molecule has 34 heavy (non-hydrogen) atoms. The molecule has 2 aromatic rings. The van der Waals surface area contributed by atoms with E-state index in [1.165, 1.54) is 36.4 Å². The van der Waals surface area contributed by atoms with Gasteiger partial charge in [-0.25, -0.2) is 8.42 Å². The van der Waals surface area contributed by atoms with Crippen molar-refractivity contribution in [2.24, 2.45) is 11.7 Å². The van der Waals surface area contributed by atoms with Crippen molar-refractivity contribution in [3.63, 3.8) is 0 Å². The number of hydrogen-bond acceptors (Lipinski definition) is 5. The van der Waals surface area contributed by atoms with Gasteiger partial charge in [0.25, 0.3) is 0 Å². The second-order valence-electron chi connectivity index (χ2n) is 8.43. The minimum absolute atomic E-state index is 0.0944. The molecule has 0 unspecified atom stereocenters. The molecular formula is C23H28F3N3O4S. The normalized spacial score (nSPS) is 14.0. The molecule has 4 N–H and O–H groups in total. The van der Waals surface area contributed by atoms with Gasteiger partial charge in [-0.05, 0) is 41.2 Å². The number of primary amides is 1. The number of alkyl halides is 3. The zero-order chi connectivity index (χ0) is 25.7. The summed E-state index contributed by atoms with van der Waals surface area (Å²) in [7, 11) is -3.36. The molecule has 0 radical (unpaired) electrons. The quantitative estimate of drug-likeness (QED) is 0.465. The summed E-state index contributed by atoms with van der Waals surface area (Å²) in [5, 5.41) is 4.65. The first-order valence-electron chi connectivity index (χ1n) is 10.5. The lowest BCUT2D eigenvalue weighted by molar-refractivity contribution is -0.161. The predicted molar refractivity (Wildman–Crippen MR) is 122 cm³/mol. The third-order valence-electron chi connectivity index (χ3n) is 5.02. The fourth-order valence-electron chi connectivity index (χ4n) is 3.36. The van der Waals surface area contributed by atoms with Crippen LogP contribution in [0.1, 0.15) is 31.9 Å². The zero-order valence-corrected chi connectivity index (χ0v) is 19.8. The molecule has 0 spiro atoms. The van der Waals surface area contributed by atoms with Crippen molar-refractivity contribution in [2.45, 2.75) is 43.4 Å². The molecule has 2 amide bonds. The molecule has 0 aliphatic rings. The summed E-state index contributed by atoms with van der Waals surface area (Å²) in [6, 6.07) is 8.29. The van der Waals surface area contributed by atoms with Crippen molar-refractivity contribution < 1.29 is 31.2 Å². The fraction of sp³-hybridized carbons (Fsp3) is 0.391. The summed E-state index contributed by atoms with van der Waals surface area (Å²) >= 11 is 0. The van der Waals surface area contributed by atoms with E-state index >= 15 is 0 Å². The molecule has 0 aromatic heterocycles. The van der Waals surface area contributed by atoms with Crippen LogP contribution in [-0.4, -0.2) is 45.3 Å². The second-order valence-corrected chi connectivity index (χ2v) is 10.4. The molecule has 7 nitrogen and oxygen atoms in total. The Morgan fingerprint density at radius 3 is 1.88 bits per heavy atom. The molecule has 0 fully saturated rings. The van der Waals surface area contributed by atoms with E-state index in [1.54, 1.807) is 26.0 Å². The SMILES string of the molecule is CC(C)C[C@H](N[C@@H](c1ccc(-c2ccc(S(C)(=O)=O)cc2)cc1)C(F)(F)F)C(=O)NCC(N)=O. The third-order valence-corrected chi connectivity index (χ3v) is 6.14. The van der Waals surface area contributed by atoms with Crippen molar-refractivity contribution in [3.8, 4) is 11.1 Å². The highest BCUT2D eigenvalue weighted by atomic mass is 32.2. The van der Waals surface area contributed by atoms with Crippen molar-refractivity contribution in [2.75, 3.05) is 12.8 Å². The van der Waals surface area contributed by atoms with Gasteiger partial charge in [-0.1, -0.05) is 50.2 Å². The lowest BCUT2D eigenvalue weighted by Crippen LogP contribution is -2.50. The number of halogens is 3. The lowest BCUT2D eigenvalue weighted by Gasteiger charge is -2.28. The van der Waals surface area contributed by atoms with Crippen LogP contribution >= 0.6 is 0 Å². The molecule has 2 rings (SSSR count). The number of amides is 2. The molecule has 186 valence electrons. The van der Waals surface area contributed by atoms with Crippen LogP contribution in [0.2, 0.25) is 0 Å². The summed E-state index contributed by atoms with van der Waals surface area (Å²) < 4.78 is 65.0. The number of carbonyl (C=O) groups is 2. The Morgan fingerprint density at radius 2 is 1.47 bits per heavy atom. The molecule has 0 heterocycles. The number of sulfone groups is 1. The van der Waals surface area contributed by atoms with E-state index in [4.69, 9.17) is 5.73 Å². The van der Waals surface area contributed by atoms with E-state index in [0.29, 0.717) is 11.1 Å². The Kier molecular flexibility index (Phi) is 8.84. The molecule has 0 bridgehead atoms. The van der Waals surface area contributed by atoms with Gasteiger partial charge >= 0.3 is 6.18 Å². The Morgan fingerprint density at radius 1 is 0.971 bits per heavy atom. The smallest absolute Gasteiger partial charge is 0.368 e. The van der Waals surface area contributed by atoms with Crippen LogP contribution in [0.4, 0.5) is 13.2 Å². The molecule has 0 saturated carbocycles. The fourth-order valence-corrected chi connectivity index (χ4v) is 3.99. The maximum Gasteiger partial charge on any atom is 0.407 e. The van der Waals surface area contributed by atoms with Crippen LogP contribution in [0.15, 0.2) is 53.4 Å². The summed E-state index contributed by atoms with van der Waals surface area (Å²) in [5.41, 5.74) is 6.15. The van der Waals surface area contributed by atoms with E-state index < -0.39 is 46.5 Å². The first-order valence-corrected chi connectivity index (χ1v) is 12.4. The van der Waals surface area contributed by atoms with Crippen LogP contribution in [0.25, 0.3) is 11.1 Å². The standard InChI is InChI=1S/C23H28F3N3O4S/c1-14(2)12-19(22(31)28-13-20(27)30)29-21(23(24,25)26)17-6-4-15(5-7-17)16-8-10-18(11-9-16)34(3,32)33/h4-11,14,19,21,29H,12-13H2,1-3H3,(H2,27,30)(H,28,31)/t19-,21-/m0/s1. The van der Waals surface area contributed by atoms with E-state index in [1.807, 2.05) is 0 Å². The summed E-state index contributed by atoms with van der Waals surface area (Å²) in [5.74, 6) is -1.64. The van der Waals surface area contributed by atoms with Gasteiger partial charge in [-0.3, -0.25) is 14.9 Å². The average molecular weight is 500 g/mol. The van der Waals surface area contributed by atoms with Crippen molar-refractivity contribution in [1.82, 2.24) is 10.6 Å². The topological polar surface area (TPSA) is 118 Å². The van der Waals surface area contributed by atoms with Crippen LogP contribution in [-0.2, 0) is 19.4 Å². The Balaban J connectivity index is 2.30. The maximum atomic E-state index is 13.9. The predicted octanol–water partition coefficient (Wildman–Crippen LogP) is 2.97. The highest BCUT2D eigenvalue weighted by molar-refractivity contribution is 7.90. The number of nitrogens with one attached hydrogen (secondary N) is 2. The molecule has 0 saturated heterocycles. The largest absolute Gasteiger partial charge is 0.407 e. The number of nitrogens with two attached hydrogens (primary N) is 1. The van der Waals surface area contributed by atoms with Crippen LogP contribution in [0.3, 0.4) is 0 Å². The van der Waals surface area contributed by atoms with E-state index in [-0.39, 0.29) is 22.8 Å². The van der Waals surface area contributed by atoms with Gasteiger partial charge in [-0.15, -0.1) is 0 Å². The van der Waals surface area contributed by atoms with Gasteiger partial charge in [0.05, 0.1) is 17.5 Å². The second kappa shape index (κ2) is 11.0. The van der Waals surface area contributed by atoms with Gasteiger partial charge in [0.1, 0.15) is 6.04 Å². The van der Waals surface area contributed by atoms with E-state index in [2.05, 4.69) is 10.6 Å². The van der Waals surface area contributed by atoms with Gasteiger partial charge in [0.15, 0.2) is 9.84 Å². The summed E-state index contributed by atoms with van der Waals surface area (Å²) in [4.78, 5) is 23.5. The molecule has 0 aliphatic heterocycles. The van der Waals surface area contributed by atoms with Gasteiger partial charge in [-0.2, -0.15) is 13.2 Å². The average Bonchev–Trinajstić information content (AvgIpc) is 2.73. The Hall–Kier alpha value is -2.92. The van der Waals surface area contributed by atoms with Crippen molar-refractivity contribution in [3.05, 3.63) is 54.1 Å². The minimum Gasteiger partial charge on any atom is -0.368 e. The van der Waals surface area contributed by atoms with E-state index in [0.717, 1.165) is 6.26 Å². The number of benzene rings is 2. The van der Waals surface area contributed by atoms with Crippen LogP contribution < -0.4 is 16.4 Å². The Bertz CT molecular complexity index is 1100. The van der Waals surface area contributed by atoms with Crippen molar-refractivity contribution >= 4 is 21.7 Å².